The number of furan rings is 2. The zero-order chi connectivity index (χ0) is 37.4. The van der Waals surface area contributed by atoms with E-state index in [4.69, 9.17) is 8.83 Å². The number of nitrogens with zero attached hydrogens (tertiary/aromatic N) is 1. The zero-order valence-electron chi connectivity index (χ0n) is 32.1. The summed E-state index contributed by atoms with van der Waals surface area (Å²) < 4.78 is 15.5. The number of anilines is 2. The van der Waals surface area contributed by atoms with Crippen molar-refractivity contribution < 1.29 is 8.83 Å². The lowest BCUT2D eigenvalue weighted by atomic mass is 9.59. The Morgan fingerprint density at radius 1 is 0.509 bits per heavy atom. The van der Waals surface area contributed by atoms with E-state index in [9.17, 15) is 0 Å². The highest BCUT2D eigenvalue weighted by atomic mass is 16.3. The molecule has 7 aromatic carbocycles. The summed E-state index contributed by atoms with van der Waals surface area (Å²) in [6, 6.07) is 46.6. The Morgan fingerprint density at radius 3 is 1.84 bits per heavy atom. The van der Waals surface area contributed by atoms with Crippen molar-refractivity contribution in [2.45, 2.75) is 52.4 Å². The van der Waals surface area contributed by atoms with Crippen LogP contribution in [0.25, 0.3) is 82.5 Å². The monoisotopic (exact) mass is 712 g/mol. The Hall–Kier alpha value is -6.20. The number of nitrogens with one attached hydrogen (secondary N) is 1. The van der Waals surface area contributed by atoms with E-state index in [1.165, 1.54) is 60.7 Å². The summed E-state index contributed by atoms with van der Waals surface area (Å²) in [5.41, 5.74) is 17.2. The second-order valence-electron chi connectivity index (χ2n) is 17.5. The van der Waals surface area contributed by atoms with E-state index in [2.05, 4.69) is 167 Å². The van der Waals surface area contributed by atoms with E-state index < -0.39 is 0 Å². The summed E-state index contributed by atoms with van der Waals surface area (Å²) in [6.45, 7) is 13.7. The minimum Gasteiger partial charge on any atom is -0.456 e. The molecule has 4 nitrogen and oxygen atoms in total. The van der Waals surface area contributed by atoms with Crippen LogP contribution in [0.15, 0.2) is 136 Å². The van der Waals surface area contributed by atoms with Crippen LogP contribution in [0.5, 0.6) is 0 Å². The van der Waals surface area contributed by atoms with Gasteiger partial charge in [0.15, 0.2) is 7.28 Å². The number of benzene rings is 7. The molecule has 0 aliphatic carbocycles. The summed E-state index contributed by atoms with van der Waals surface area (Å²) in [7, 11) is 0.798. The van der Waals surface area contributed by atoms with E-state index in [1.807, 2.05) is 12.1 Å². The van der Waals surface area contributed by atoms with Gasteiger partial charge in [-0.25, -0.2) is 0 Å². The van der Waals surface area contributed by atoms with Crippen molar-refractivity contribution in [1.29, 1.82) is 0 Å². The molecule has 0 saturated carbocycles. The van der Waals surface area contributed by atoms with Crippen molar-refractivity contribution in [2.75, 3.05) is 5.32 Å². The molecule has 55 heavy (non-hydrogen) atoms. The average molecular weight is 713 g/mol. The van der Waals surface area contributed by atoms with Gasteiger partial charge in [0.25, 0.3) is 0 Å². The second-order valence-corrected chi connectivity index (χ2v) is 17.5. The van der Waals surface area contributed by atoms with Crippen molar-refractivity contribution in [2.24, 2.45) is 0 Å². The molecule has 11 rings (SSSR count). The Morgan fingerprint density at radius 2 is 1.15 bits per heavy atom. The van der Waals surface area contributed by atoms with Gasteiger partial charge in [-0.1, -0.05) is 120 Å². The lowest BCUT2D eigenvalue weighted by molar-refractivity contribution is 0.590. The van der Waals surface area contributed by atoms with Gasteiger partial charge in [-0.2, -0.15) is 0 Å². The van der Waals surface area contributed by atoms with Crippen LogP contribution >= 0.6 is 0 Å². The minimum atomic E-state index is -0.0186. The van der Waals surface area contributed by atoms with Crippen LogP contribution in [-0.2, 0) is 10.8 Å². The molecule has 1 N–H and O–H groups in total. The number of hydrogen-bond donors (Lipinski definition) is 1. The number of rotatable bonds is 3. The lowest BCUT2D eigenvalue weighted by Gasteiger charge is -2.26. The quantitative estimate of drug-likeness (QED) is 0.186. The van der Waals surface area contributed by atoms with E-state index in [1.54, 1.807) is 0 Å². The van der Waals surface area contributed by atoms with Gasteiger partial charge >= 0.3 is 0 Å². The van der Waals surface area contributed by atoms with Crippen molar-refractivity contribution in [1.82, 2.24) is 4.57 Å². The Balaban J connectivity index is 1.20. The summed E-state index contributed by atoms with van der Waals surface area (Å²) in [5, 5.41) is 10.8. The third-order valence-electron chi connectivity index (χ3n) is 11.9. The topological polar surface area (TPSA) is 43.2 Å². The van der Waals surface area contributed by atoms with Crippen LogP contribution in [-0.4, -0.2) is 11.8 Å². The molecular weight excluding hydrogens is 671 g/mol. The predicted molar refractivity (Wildman–Crippen MR) is 234 cm³/mol. The molecule has 0 spiro atoms. The summed E-state index contributed by atoms with van der Waals surface area (Å²) >= 11 is 0. The van der Waals surface area contributed by atoms with Gasteiger partial charge in [0.1, 0.15) is 22.3 Å². The predicted octanol–water partition coefficient (Wildman–Crippen LogP) is 12.3. The molecule has 0 fully saturated rings. The Labute approximate surface area is 320 Å². The van der Waals surface area contributed by atoms with Crippen LogP contribution < -0.4 is 16.2 Å². The largest absolute Gasteiger partial charge is 0.456 e. The van der Waals surface area contributed by atoms with E-state index >= 15 is 0 Å². The molecular formula is C50H41BN2O2. The van der Waals surface area contributed by atoms with Crippen LogP contribution in [0, 0.1) is 0 Å². The normalized spacial score (nSPS) is 13.1. The summed E-state index contributed by atoms with van der Waals surface area (Å²) in [4.78, 5) is 0. The molecule has 1 aliphatic rings. The zero-order valence-corrected chi connectivity index (χ0v) is 32.1. The summed E-state index contributed by atoms with van der Waals surface area (Å²) in [6.07, 6.45) is 0. The van der Waals surface area contributed by atoms with Crippen molar-refractivity contribution in [3.8, 4) is 16.8 Å². The van der Waals surface area contributed by atoms with Crippen LogP contribution in [0.2, 0.25) is 0 Å². The highest BCUT2D eigenvalue weighted by Crippen LogP contribution is 2.42. The fourth-order valence-corrected chi connectivity index (χ4v) is 8.97. The molecule has 1 aliphatic heterocycles. The molecule has 0 radical (unpaired) electrons. The summed E-state index contributed by atoms with van der Waals surface area (Å²) in [5.74, 6) is 0. The fraction of sp³-hybridized carbons (Fsp3) is 0.160. The average Bonchev–Trinajstić information content (AvgIpc) is 3.82. The maximum atomic E-state index is 6.51. The molecule has 0 bridgehead atoms. The molecule has 0 atom stereocenters. The van der Waals surface area contributed by atoms with Gasteiger partial charge in [0.05, 0.1) is 5.52 Å². The van der Waals surface area contributed by atoms with Gasteiger partial charge in [-0.3, -0.25) is 0 Å². The number of hydrogen-bond acceptors (Lipinski definition) is 3. The Kier molecular flexibility index (Phi) is 6.55. The van der Waals surface area contributed by atoms with E-state index in [-0.39, 0.29) is 10.8 Å². The van der Waals surface area contributed by atoms with Gasteiger partial charge in [-0.15, -0.1) is 0 Å². The first-order chi connectivity index (χ1) is 26.5. The molecule has 5 heteroatoms. The van der Waals surface area contributed by atoms with Crippen molar-refractivity contribution >= 4 is 95.3 Å². The van der Waals surface area contributed by atoms with Crippen molar-refractivity contribution in [3.05, 3.63) is 139 Å². The van der Waals surface area contributed by atoms with E-state index in [0.29, 0.717) is 0 Å². The first kappa shape index (κ1) is 32.3. The minimum absolute atomic E-state index is 0.0186. The molecule has 4 heterocycles. The third kappa shape index (κ3) is 4.85. The second kappa shape index (κ2) is 11.2. The molecule has 10 aromatic rings. The number of fused-ring (bicyclic) bond motifs is 11. The molecule has 0 saturated heterocycles. The van der Waals surface area contributed by atoms with E-state index in [0.717, 1.165) is 62.5 Å². The fourth-order valence-electron chi connectivity index (χ4n) is 8.97. The maximum Gasteiger partial charge on any atom is 0.198 e. The van der Waals surface area contributed by atoms with Crippen LogP contribution in [0.1, 0.15) is 52.7 Å². The lowest BCUT2D eigenvalue weighted by Crippen LogP contribution is -2.37. The van der Waals surface area contributed by atoms with Crippen LogP contribution in [0.4, 0.5) is 11.4 Å². The molecule has 0 unspecified atom stereocenters. The third-order valence-corrected chi connectivity index (χ3v) is 11.9. The van der Waals surface area contributed by atoms with Crippen molar-refractivity contribution in [3.63, 3.8) is 0 Å². The van der Waals surface area contributed by atoms with Gasteiger partial charge in [-0.05, 0) is 81.5 Å². The highest BCUT2D eigenvalue weighted by Gasteiger charge is 2.29. The maximum absolute atomic E-state index is 6.51. The van der Waals surface area contributed by atoms with Gasteiger partial charge in [0, 0.05) is 66.5 Å². The van der Waals surface area contributed by atoms with Gasteiger partial charge in [0.2, 0.25) is 0 Å². The Bertz CT molecular complexity index is 3220. The molecule has 3 aromatic heterocycles. The smallest absolute Gasteiger partial charge is 0.198 e. The highest BCUT2D eigenvalue weighted by molar-refractivity contribution is 6.73. The standard InChI is InChI=1S/C50H41BN2O2/c1-49(2,3)28-15-18-30(19-16-28)52-40-22-17-29(50(4,5)6)23-35(40)33-20-21-34-36-26-45-38(32-12-8-10-14-44(32)54-45)25-41(36)53-42-27-46-37(24-39(42)51-47(33)48(34)53)31-11-7-9-13-43(31)55-46/h7-27,51-52H,1-6H3. The number of aromatic nitrogens is 1. The number of para-hydroxylation sites is 2. The first-order valence-electron chi connectivity index (χ1n) is 19.4. The molecule has 266 valence electrons. The first-order valence-corrected chi connectivity index (χ1v) is 19.4. The van der Waals surface area contributed by atoms with Crippen LogP contribution in [0.3, 0.4) is 0 Å². The molecule has 0 amide bonds. The van der Waals surface area contributed by atoms with Gasteiger partial charge < -0.3 is 18.7 Å². The SMILES string of the molecule is CC(C)(C)c1ccc(Nc2ccc(C(C)(C)C)cc2-c2ccc3c4cc5oc6ccccc6c5cc4n4c3c2Bc2cc3c(cc2-4)oc2ccccc23)cc1.